The summed E-state index contributed by atoms with van der Waals surface area (Å²) in [5.74, 6) is -0.535. The van der Waals surface area contributed by atoms with Gasteiger partial charge in [0.25, 0.3) is 5.03 Å². The van der Waals surface area contributed by atoms with Crippen molar-refractivity contribution in [1.29, 1.82) is 0 Å². The molecule has 0 N–H and O–H groups in total. The highest BCUT2D eigenvalue weighted by molar-refractivity contribution is 7.99. The van der Waals surface area contributed by atoms with Crippen LogP contribution in [0.1, 0.15) is 11.1 Å². The second-order valence-electron chi connectivity index (χ2n) is 5.69. The molecule has 0 saturated carbocycles. The normalized spacial score (nSPS) is 16.2. The highest BCUT2D eigenvalue weighted by Gasteiger charge is 2.35. The number of amides is 1. The first-order chi connectivity index (χ1) is 12.1. The van der Waals surface area contributed by atoms with Crippen molar-refractivity contribution in [3.8, 4) is 0 Å². The van der Waals surface area contributed by atoms with Crippen LogP contribution in [0.3, 0.4) is 0 Å². The van der Waals surface area contributed by atoms with Crippen molar-refractivity contribution >= 4 is 23.6 Å². The van der Waals surface area contributed by atoms with Crippen LogP contribution in [-0.4, -0.2) is 35.7 Å². The third-order valence-corrected chi connectivity index (χ3v) is 5.18. The first kappa shape index (κ1) is 17.3. The standard InChI is InChI=1S/C18H18N2O4S/c1-24-18(22)15-10-13-6-2-3-7-14(13)11-19(15)16(21)12-25-17-8-4-5-9-20(17)23/h2-9,15H,10-12H2,1H3/t15-/m1/s1. The Morgan fingerprint density at radius 3 is 2.68 bits per heavy atom. The van der Waals surface area contributed by atoms with E-state index in [2.05, 4.69) is 0 Å². The smallest absolute Gasteiger partial charge is 0.328 e. The summed E-state index contributed by atoms with van der Waals surface area (Å²) in [6.45, 7) is 0.363. The number of hydrogen-bond acceptors (Lipinski definition) is 5. The number of fused-ring (bicyclic) bond motifs is 1. The fourth-order valence-corrected chi connectivity index (χ4v) is 3.67. The Hall–Kier alpha value is -2.54. The lowest BCUT2D eigenvalue weighted by Gasteiger charge is -2.35. The Balaban J connectivity index is 1.77. The Kier molecular flexibility index (Phi) is 5.23. The number of methoxy groups -OCH3 is 1. The number of esters is 1. The Labute approximate surface area is 150 Å². The molecule has 2 heterocycles. The fourth-order valence-electron chi connectivity index (χ4n) is 2.87. The van der Waals surface area contributed by atoms with Crippen LogP contribution in [0.4, 0.5) is 0 Å². The van der Waals surface area contributed by atoms with E-state index >= 15 is 0 Å². The van der Waals surface area contributed by atoms with Crippen LogP contribution in [0.5, 0.6) is 0 Å². The first-order valence-corrected chi connectivity index (χ1v) is 8.84. The van der Waals surface area contributed by atoms with Gasteiger partial charge in [-0.05, 0) is 29.0 Å². The van der Waals surface area contributed by atoms with Crippen LogP contribution in [0, 0.1) is 5.21 Å². The van der Waals surface area contributed by atoms with Gasteiger partial charge in [0.2, 0.25) is 5.91 Å². The molecule has 0 saturated heterocycles. The fraction of sp³-hybridized carbons (Fsp3) is 0.278. The highest BCUT2D eigenvalue weighted by atomic mass is 32.2. The zero-order chi connectivity index (χ0) is 17.8. The number of aromatic nitrogens is 1. The van der Waals surface area contributed by atoms with E-state index in [1.165, 1.54) is 13.3 Å². The van der Waals surface area contributed by atoms with E-state index < -0.39 is 12.0 Å². The molecule has 0 radical (unpaired) electrons. The van der Waals surface area contributed by atoms with Gasteiger partial charge in [0, 0.05) is 25.1 Å². The summed E-state index contributed by atoms with van der Waals surface area (Å²) in [4.78, 5) is 26.4. The predicted octanol–water partition coefficient (Wildman–Crippen LogP) is 1.54. The van der Waals surface area contributed by atoms with Crippen molar-refractivity contribution in [2.24, 2.45) is 0 Å². The number of ether oxygens (including phenoxy) is 1. The summed E-state index contributed by atoms with van der Waals surface area (Å²) in [6, 6.07) is 12.2. The zero-order valence-electron chi connectivity index (χ0n) is 13.8. The molecule has 0 unspecified atom stereocenters. The largest absolute Gasteiger partial charge is 0.618 e. The number of benzene rings is 1. The summed E-state index contributed by atoms with van der Waals surface area (Å²) in [5.41, 5.74) is 2.08. The van der Waals surface area contributed by atoms with E-state index in [-0.39, 0.29) is 11.7 Å². The van der Waals surface area contributed by atoms with Crippen molar-refractivity contribution in [3.05, 3.63) is 65.0 Å². The molecule has 130 valence electrons. The molecular formula is C18H18N2O4S. The SMILES string of the molecule is COC(=O)[C@H]1Cc2ccccc2CN1C(=O)CSc1cccc[n+]1[O-]. The van der Waals surface area contributed by atoms with E-state index in [1.54, 1.807) is 23.1 Å². The molecule has 0 bridgehead atoms. The minimum absolute atomic E-state index is 0.0852. The van der Waals surface area contributed by atoms with Gasteiger partial charge in [-0.1, -0.05) is 24.3 Å². The number of rotatable bonds is 4. The second kappa shape index (κ2) is 7.57. The molecule has 1 aliphatic heterocycles. The molecule has 1 amide bonds. The third-order valence-electron chi connectivity index (χ3n) is 4.17. The minimum atomic E-state index is -0.636. The maximum Gasteiger partial charge on any atom is 0.328 e. The Bertz CT molecular complexity index is 796. The highest BCUT2D eigenvalue weighted by Crippen LogP contribution is 2.25. The van der Waals surface area contributed by atoms with Crippen molar-refractivity contribution in [1.82, 2.24) is 4.90 Å². The van der Waals surface area contributed by atoms with Gasteiger partial charge in [0.1, 0.15) is 6.04 Å². The summed E-state index contributed by atoms with van der Waals surface area (Å²) < 4.78 is 5.60. The van der Waals surface area contributed by atoms with Gasteiger partial charge in [0.15, 0.2) is 6.20 Å². The second-order valence-corrected chi connectivity index (χ2v) is 6.68. The minimum Gasteiger partial charge on any atom is -0.618 e. The van der Waals surface area contributed by atoms with E-state index in [9.17, 15) is 14.8 Å². The van der Waals surface area contributed by atoms with E-state index in [0.717, 1.165) is 27.6 Å². The average Bonchev–Trinajstić information content (AvgIpc) is 2.65. The molecule has 0 fully saturated rings. The Morgan fingerprint density at radius 2 is 1.96 bits per heavy atom. The van der Waals surface area contributed by atoms with Crippen molar-refractivity contribution < 1.29 is 19.1 Å². The lowest BCUT2D eigenvalue weighted by molar-refractivity contribution is -0.645. The van der Waals surface area contributed by atoms with Crippen LogP contribution < -0.4 is 4.73 Å². The molecular weight excluding hydrogens is 340 g/mol. The topological polar surface area (TPSA) is 73.5 Å². The van der Waals surface area contributed by atoms with Gasteiger partial charge in [0.05, 0.1) is 12.9 Å². The van der Waals surface area contributed by atoms with Gasteiger partial charge in [-0.25, -0.2) is 4.79 Å². The molecule has 1 aliphatic rings. The van der Waals surface area contributed by atoms with Crippen molar-refractivity contribution in [3.63, 3.8) is 0 Å². The van der Waals surface area contributed by atoms with Gasteiger partial charge in [-0.2, -0.15) is 4.73 Å². The predicted molar refractivity (Wildman–Crippen MR) is 92.6 cm³/mol. The molecule has 1 aromatic carbocycles. The molecule has 0 aliphatic carbocycles. The van der Waals surface area contributed by atoms with Gasteiger partial charge in [-0.15, -0.1) is 0 Å². The summed E-state index contributed by atoms with van der Waals surface area (Å²) >= 11 is 1.16. The molecule has 6 nitrogen and oxygen atoms in total. The summed E-state index contributed by atoms with van der Waals surface area (Å²) in [5, 5.41) is 12.1. The number of nitrogens with zero attached hydrogens (tertiary/aromatic N) is 2. The monoisotopic (exact) mass is 358 g/mol. The molecule has 2 aromatic rings. The number of hydrogen-bond donors (Lipinski definition) is 0. The number of carbonyl (C=O) groups is 2. The van der Waals surface area contributed by atoms with Gasteiger partial charge < -0.3 is 14.8 Å². The molecule has 25 heavy (non-hydrogen) atoms. The summed E-state index contributed by atoms with van der Waals surface area (Å²) in [6.07, 6.45) is 1.83. The van der Waals surface area contributed by atoms with Crippen LogP contribution >= 0.6 is 11.8 Å². The Morgan fingerprint density at radius 1 is 1.24 bits per heavy atom. The molecule has 1 aromatic heterocycles. The van der Waals surface area contributed by atoms with Gasteiger partial charge in [-0.3, -0.25) is 4.79 Å². The van der Waals surface area contributed by atoms with Crippen LogP contribution in [-0.2, 0) is 27.3 Å². The van der Waals surface area contributed by atoms with Crippen LogP contribution in [0.2, 0.25) is 0 Å². The maximum atomic E-state index is 12.7. The summed E-state index contributed by atoms with van der Waals surface area (Å²) in [7, 11) is 1.32. The van der Waals surface area contributed by atoms with Crippen molar-refractivity contribution in [2.75, 3.05) is 12.9 Å². The first-order valence-electron chi connectivity index (χ1n) is 7.85. The lowest BCUT2D eigenvalue weighted by atomic mass is 9.94. The molecule has 3 rings (SSSR count). The number of carbonyl (C=O) groups excluding carboxylic acids is 2. The number of pyridine rings is 1. The zero-order valence-corrected chi connectivity index (χ0v) is 14.6. The average molecular weight is 358 g/mol. The van der Waals surface area contributed by atoms with E-state index in [1.807, 2.05) is 24.3 Å². The lowest BCUT2D eigenvalue weighted by Crippen LogP contribution is -2.49. The van der Waals surface area contributed by atoms with Gasteiger partial charge >= 0.3 is 5.97 Å². The quantitative estimate of drug-likeness (QED) is 0.359. The molecule has 7 heteroatoms. The van der Waals surface area contributed by atoms with E-state index in [0.29, 0.717) is 18.0 Å². The molecule has 1 atom stereocenters. The number of thioether (sulfide) groups is 1. The third kappa shape index (κ3) is 3.76. The van der Waals surface area contributed by atoms with Crippen LogP contribution in [0.15, 0.2) is 53.7 Å². The van der Waals surface area contributed by atoms with Crippen LogP contribution in [0.25, 0.3) is 0 Å². The molecule has 0 spiro atoms. The maximum absolute atomic E-state index is 12.7. The van der Waals surface area contributed by atoms with Crippen molar-refractivity contribution in [2.45, 2.75) is 24.0 Å². The van der Waals surface area contributed by atoms with E-state index in [4.69, 9.17) is 4.74 Å².